The number of carbonyl (C=O) groups excluding carboxylic acids is 1. The predicted octanol–water partition coefficient (Wildman–Crippen LogP) is -5.01. The van der Waals surface area contributed by atoms with Crippen LogP contribution >= 0.6 is 75.7 Å². The SMILES string of the molecule is COC(=O)CC1OC(OP)C(OP)C(OP)C1OP.C[N+](C)(CC1OC(O)C(O)C(O)C1O)N=C([O-])CC1CC(O)C(O)C(O)C1O.C[N+](C)(N)CC1OC(OP)C(OP)C(OP)C1OP. The molecule has 28 unspecified atom stereocenters. The standard InChI is InChI=1S/C16H30N2O10.C8H23N2O5P4.C8H18O7P4/c1-18(2,5-8-12(23)14(25)15(26)16(27)28-8)17-9(20)4-6-3-7(19)11(22)13(24)10(6)21;1-10(2,9)3-4-5(12-16)6(13-17)7(14-18)8(11-4)15-19;1-10-4(9)2-3-5(12-16)6(13-17)7(14-18)8(11-3)15-19/h6-8,10-16,19,21-27H,3-5H2,1-2H3;4-8H,3,9,16-19H2,1-2H3;3,5-8H,2,16-19H2,1H3/q;+1;. The van der Waals surface area contributed by atoms with Gasteiger partial charge in [-0.05, 0) is 18.8 Å². The molecule has 3 aliphatic heterocycles. The Bertz CT molecular complexity index is 1460. The molecule has 10 N–H and O–H groups in total. The van der Waals surface area contributed by atoms with Crippen molar-refractivity contribution in [3.05, 3.63) is 0 Å². The van der Waals surface area contributed by atoms with Crippen molar-refractivity contribution < 1.29 is 115 Å². The van der Waals surface area contributed by atoms with Crippen LogP contribution in [0.25, 0.3) is 0 Å². The summed E-state index contributed by atoms with van der Waals surface area (Å²) in [5, 5.41) is 94.1. The molecule has 0 bridgehead atoms. The van der Waals surface area contributed by atoms with Crippen LogP contribution in [0.2, 0.25) is 0 Å². The highest BCUT2D eigenvalue weighted by Crippen LogP contribution is 2.35. The van der Waals surface area contributed by atoms with Crippen molar-refractivity contribution in [1.29, 1.82) is 0 Å². The van der Waals surface area contributed by atoms with E-state index in [1.165, 1.54) is 21.2 Å². The first-order chi connectivity index (χ1) is 30.8. The third-order valence-electron chi connectivity index (χ3n) is 10.9. The summed E-state index contributed by atoms with van der Waals surface area (Å²) in [6.07, 6.45) is -18.6. The molecule has 28 atom stereocenters. The van der Waals surface area contributed by atoms with Crippen LogP contribution in [0.3, 0.4) is 0 Å². The van der Waals surface area contributed by atoms with Crippen LogP contribution in [0.1, 0.15) is 19.3 Å². The zero-order valence-corrected chi connectivity index (χ0v) is 46.2. The minimum atomic E-state index is -1.70. The van der Waals surface area contributed by atoms with E-state index in [4.69, 9.17) is 56.2 Å². The highest BCUT2D eigenvalue weighted by molar-refractivity contribution is 7.11. The Morgan fingerprint density at radius 2 is 1.05 bits per heavy atom. The number of carbonyl (C=O) groups is 1. The van der Waals surface area contributed by atoms with Crippen molar-refractivity contribution in [3.8, 4) is 0 Å². The number of aliphatic hydroxyl groups excluding tert-OH is 8. The Kier molecular flexibility index (Phi) is 28.9. The van der Waals surface area contributed by atoms with Gasteiger partial charge in [0.15, 0.2) is 18.9 Å². The summed E-state index contributed by atoms with van der Waals surface area (Å²) in [7, 11) is 25.4. The van der Waals surface area contributed by atoms with E-state index in [0.29, 0.717) is 6.54 Å². The number of aliphatic hydroxyl groups is 8. The van der Waals surface area contributed by atoms with E-state index in [1.807, 2.05) is 14.1 Å². The predicted molar refractivity (Wildman–Crippen MR) is 254 cm³/mol. The number of rotatable bonds is 17. The van der Waals surface area contributed by atoms with Gasteiger partial charge in [0.2, 0.25) is 0 Å². The van der Waals surface area contributed by atoms with E-state index < -0.39 is 116 Å². The molecule has 3 saturated heterocycles. The average Bonchev–Trinajstić information content (AvgIpc) is 3.26. The summed E-state index contributed by atoms with van der Waals surface area (Å²) < 4.78 is 63.3. The van der Waals surface area contributed by atoms with Crippen LogP contribution in [-0.4, -0.2) is 227 Å². The Morgan fingerprint density at radius 3 is 1.48 bits per heavy atom. The molecule has 0 aromatic carbocycles. The third kappa shape index (κ3) is 18.2. The molecule has 1 saturated carbocycles. The second kappa shape index (κ2) is 30.0. The number of methoxy groups -OCH3 is 1. The molecule has 0 spiro atoms. The third-order valence-corrected chi connectivity index (χ3v) is 13.3. The number of esters is 1. The second-order valence-corrected chi connectivity index (χ2v) is 19.0. The lowest BCUT2D eigenvalue weighted by Gasteiger charge is -2.44. The van der Waals surface area contributed by atoms with Gasteiger partial charge in [0.05, 0.1) is 53.9 Å². The smallest absolute Gasteiger partial charge is 0.308 e. The van der Waals surface area contributed by atoms with Gasteiger partial charge < -0.3 is 101 Å². The number of ether oxygens (including phenoxy) is 4. The number of nitrogens with zero attached hydrogens (tertiary/aromatic N) is 3. The number of hydrogen-bond donors (Lipinski definition) is 9. The Balaban J connectivity index is 0.000000351. The van der Waals surface area contributed by atoms with Crippen LogP contribution in [-0.2, 0) is 59.9 Å². The van der Waals surface area contributed by atoms with Crippen molar-refractivity contribution in [2.75, 3.05) is 48.4 Å². The fourth-order valence-corrected chi connectivity index (χ4v) is 9.84. The molecule has 0 radical (unpaired) electrons. The maximum atomic E-state index is 12.3. The summed E-state index contributed by atoms with van der Waals surface area (Å²) in [4.78, 5) is 11.4. The number of nitrogens with two attached hydrogens (primary N) is 1. The molecule has 0 amide bonds. The van der Waals surface area contributed by atoms with Gasteiger partial charge in [-0.3, -0.25) is 9.39 Å². The van der Waals surface area contributed by atoms with Gasteiger partial charge in [-0.2, -0.15) is 5.84 Å². The van der Waals surface area contributed by atoms with Gasteiger partial charge in [-0.25, -0.2) is 4.59 Å². The van der Waals surface area contributed by atoms with Crippen molar-refractivity contribution in [2.24, 2.45) is 16.9 Å². The average molecular weight is 1110 g/mol. The minimum Gasteiger partial charge on any atom is -0.858 e. The van der Waals surface area contributed by atoms with Gasteiger partial charge >= 0.3 is 5.97 Å². The monoisotopic (exact) mass is 1110 g/mol. The molecule has 390 valence electrons. The van der Waals surface area contributed by atoms with Crippen LogP contribution < -0.4 is 10.9 Å². The zero-order valence-electron chi connectivity index (χ0n) is 36.9. The summed E-state index contributed by atoms with van der Waals surface area (Å²) >= 11 is 0. The Labute approximate surface area is 402 Å². The molecular weight excluding hydrogens is 1040 g/mol. The van der Waals surface area contributed by atoms with Crippen molar-refractivity contribution >= 4 is 87.6 Å². The number of hydrogen-bond acceptors (Lipinski definition) is 24. The fraction of sp³-hybridized carbons (Fsp3) is 0.938. The highest BCUT2D eigenvalue weighted by Gasteiger charge is 2.51. The molecule has 66 heavy (non-hydrogen) atoms. The minimum absolute atomic E-state index is 0.0220. The summed E-state index contributed by atoms with van der Waals surface area (Å²) in [5.74, 6) is 4.12. The van der Waals surface area contributed by atoms with Gasteiger partial charge in [0.1, 0.15) is 98.5 Å². The molecule has 0 aromatic heterocycles. The Hall–Kier alpha value is 1.50. The first kappa shape index (κ1) is 63.6. The largest absolute Gasteiger partial charge is 0.858 e. The van der Waals surface area contributed by atoms with E-state index in [-0.39, 0.29) is 53.3 Å². The highest BCUT2D eigenvalue weighted by atomic mass is 31.0. The van der Waals surface area contributed by atoms with E-state index in [9.17, 15) is 50.8 Å². The summed E-state index contributed by atoms with van der Waals surface area (Å²) in [6, 6.07) is 0. The molecular formula is C32H71N4O22P8+. The van der Waals surface area contributed by atoms with Crippen LogP contribution in [0, 0.1) is 5.92 Å². The summed E-state index contributed by atoms with van der Waals surface area (Å²) in [5.41, 5.74) is 0. The van der Waals surface area contributed by atoms with Gasteiger partial charge in [0.25, 0.3) is 0 Å². The molecule has 1 aliphatic carbocycles. The first-order valence-corrected chi connectivity index (χ1v) is 23.6. The number of quaternary nitrogens is 2. The lowest BCUT2D eigenvalue weighted by Crippen LogP contribution is -2.63. The molecule has 4 rings (SSSR count). The van der Waals surface area contributed by atoms with E-state index in [1.54, 1.807) is 0 Å². The van der Waals surface area contributed by atoms with E-state index in [0.717, 1.165) is 0 Å². The van der Waals surface area contributed by atoms with Crippen LogP contribution in [0.15, 0.2) is 5.10 Å². The van der Waals surface area contributed by atoms with Gasteiger partial charge in [-0.15, -0.1) is 5.10 Å². The van der Waals surface area contributed by atoms with Crippen molar-refractivity contribution in [3.63, 3.8) is 0 Å². The molecule has 4 fully saturated rings. The maximum Gasteiger partial charge on any atom is 0.308 e. The van der Waals surface area contributed by atoms with Crippen molar-refractivity contribution in [2.45, 2.75) is 136 Å². The Morgan fingerprint density at radius 1 is 0.591 bits per heavy atom. The second-order valence-electron chi connectivity index (χ2n) is 16.8. The topological polar surface area (TPSA) is 351 Å². The lowest BCUT2D eigenvalue weighted by atomic mass is 9.79. The molecule has 34 heteroatoms. The molecule has 26 nitrogen and oxygen atoms in total. The molecule has 3 heterocycles. The van der Waals surface area contributed by atoms with Crippen molar-refractivity contribution in [1.82, 2.24) is 0 Å². The van der Waals surface area contributed by atoms with E-state index in [2.05, 4.69) is 85.6 Å². The maximum absolute atomic E-state index is 12.3. The zero-order chi connectivity index (χ0) is 50.4. The summed E-state index contributed by atoms with van der Waals surface area (Å²) in [6.45, 7) is 0.419. The van der Waals surface area contributed by atoms with Crippen LogP contribution in [0.5, 0.6) is 0 Å². The van der Waals surface area contributed by atoms with Gasteiger partial charge in [0, 0.05) is 81.6 Å². The molecule has 0 aromatic rings. The van der Waals surface area contributed by atoms with E-state index >= 15 is 0 Å². The first-order valence-electron chi connectivity index (χ1n) is 19.9. The lowest BCUT2D eigenvalue weighted by molar-refractivity contribution is -0.906. The normalized spacial score (nSPS) is 40.1. The molecule has 4 aliphatic rings. The quantitative estimate of drug-likeness (QED) is 0.0125. The number of likely N-dealkylation sites (N-methyl/N-ethyl adjacent to an activating group) is 2. The van der Waals surface area contributed by atoms with Gasteiger partial charge in [-0.1, -0.05) is 0 Å². The fourth-order valence-electron chi connectivity index (χ4n) is 7.56. The van der Waals surface area contributed by atoms with Crippen LogP contribution in [0.4, 0.5) is 0 Å².